The van der Waals surface area contributed by atoms with Gasteiger partial charge in [0.2, 0.25) is 0 Å². The van der Waals surface area contributed by atoms with Crippen molar-refractivity contribution in [1.29, 1.82) is 0 Å². The van der Waals surface area contributed by atoms with Crippen LogP contribution in [0.4, 0.5) is 0 Å². The van der Waals surface area contributed by atoms with Gasteiger partial charge in [-0.2, -0.15) is 10.1 Å². The van der Waals surface area contributed by atoms with Gasteiger partial charge in [-0.3, -0.25) is 9.59 Å². The number of hydrogen-bond acceptors (Lipinski definition) is 6. The Morgan fingerprint density at radius 1 is 1.17 bits per heavy atom. The molecule has 30 heavy (non-hydrogen) atoms. The molecular formula is C22H17ClN2O5. The van der Waals surface area contributed by atoms with Gasteiger partial charge >= 0.3 is 5.97 Å². The van der Waals surface area contributed by atoms with Gasteiger partial charge in [-0.15, -0.1) is 0 Å². The van der Waals surface area contributed by atoms with Crippen molar-refractivity contribution in [2.75, 3.05) is 7.11 Å². The summed E-state index contributed by atoms with van der Waals surface area (Å²) in [5.74, 6) is -0.479. The smallest absolute Gasteiger partial charge is 0.339 e. The average Bonchev–Trinajstić information content (AvgIpc) is 3.52. The van der Waals surface area contributed by atoms with Gasteiger partial charge < -0.3 is 9.15 Å². The largest absolute Gasteiger partial charge is 0.465 e. The maximum atomic E-state index is 12.7. The van der Waals surface area contributed by atoms with Crippen molar-refractivity contribution in [3.63, 3.8) is 0 Å². The number of imide groups is 1. The van der Waals surface area contributed by atoms with Gasteiger partial charge in [-0.05, 0) is 48.6 Å². The van der Waals surface area contributed by atoms with Crippen LogP contribution >= 0.6 is 11.6 Å². The summed E-state index contributed by atoms with van der Waals surface area (Å²) in [5, 5.41) is 5.36. The number of carbonyl (C=O) groups is 3. The van der Waals surface area contributed by atoms with E-state index in [1.54, 1.807) is 30.3 Å². The number of nitrogens with zero attached hydrogens (tertiary/aromatic N) is 2. The fourth-order valence-corrected chi connectivity index (χ4v) is 4.83. The number of ether oxygens (including phenoxy) is 1. The molecule has 3 aliphatic rings. The second-order valence-corrected chi connectivity index (χ2v) is 8.03. The SMILES string of the molecule is COC(=O)c1cc(-c2ccc(/C=N\N3C(=O)[C@@H]4[C@H](C3=O)[C@H]3C=C[C@H]4C3)o2)ccc1Cl. The van der Waals surface area contributed by atoms with E-state index in [1.165, 1.54) is 13.3 Å². The van der Waals surface area contributed by atoms with Crippen LogP contribution in [-0.2, 0) is 14.3 Å². The number of methoxy groups -OCH3 is 1. The van der Waals surface area contributed by atoms with E-state index in [9.17, 15) is 14.4 Å². The molecule has 4 atom stereocenters. The van der Waals surface area contributed by atoms with E-state index in [0.29, 0.717) is 17.1 Å². The minimum atomic E-state index is -0.546. The molecule has 0 N–H and O–H groups in total. The highest BCUT2D eigenvalue weighted by atomic mass is 35.5. The van der Waals surface area contributed by atoms with Crippen LogP contribution in [0.2, 0.25) is 5.02 Å². The first-order valence-electron chi connectivity index (χ1n) is 9.56. The third kappa shape index (κ3) is 2.81. The van der Waals surface area contributed by atoms with Crippen LogP contribution in [0.25, 0.3) is 11.3 Å². The highest BCUT2D eigenvalue weighted by Crippen LogP contribution is 2.52. The Balaban J connectivity index is 1.36. The molecule has 1 saturated heterocycles. The van der Waals surface area contributed by atoms with Crippen LogP contribution in [0.5, 0.6) is 0 Å². The molecule has 152 valence electrons. The molecule has 2 bridgehead atoms. The molecule has 0 unspecified atom stereocenters. The number of hydrazone groups is 1. The molecule has 1 aliphatic heterocycles. The van der Waals surface area contributed by atoms with E-state index >= 15 is 0 Å². The van der Waals surface area contributed by atoms with E-state index in [0.717, 1.165) is 11.4 Å². The summed E-state index contributed by atoms with van der Waals surface area (Å²) in [6, 6.07) is 8.25. The first-order chi connectivity index (χ1) is 14.5. The summed E-state index contributed by atoms with van der Waals surface area (Å²) < 4.78 is 10.5. The van der Waals surface area contributed by atoms with Crippen molar-refractivity contribution in [2.45, 2.75) is 6.42 Å². The maximum Gasteiger partial charge on any atom is 0.339 e. The van der Waals surface area contributed by atoms with Crippen LogP contribution in [0.3, 0.4) is 0 Å². The van der Waals surface area contributed by atoms with Gasteiger partial charge in [-0.1, -0.05) is 23.8 Å². The number of furan rings is 1. The lowest BCUT2D eigenvalue weighted by molar-refractivity contribution is -0.140. The van der Waals surface area contributed by atoms with Crippen LogP contribution in [0.1, 0.15) is 22.5 Å². The molecule has 8 heteroatoms. The van der Waals surface area contributed by atoms with E-state index in [1.807, 2.05) is 12.2 Å². The van der Waals surface area contributed by atoms with Crippen LogP contribution in [-0.4, -0.2) is 36.1 Å². The molecule has 1 saturated carbocycles. The Morgan fingerprint density at radius 2 is 1.87 bits per heavy atom. The third-order valence-electron chi connectivity index (χ3n) is 6.03. The molecule has 5 rings (SSSR count). The number of hydrogen-bond donors (Lipinski definition) is 0. The zero-order chi connectivity index (χ0) is 21.0. The number of benzene rings is 1. The summed E-state index contributed by atoms with van der Waals surface area (Å²) in [7, 11) is 1.28. The van der Waals surface area contributed by atoms with Gasteiger partial charge in [0.25, 0.3) is 11.8 Å². The second kappa shape index (κ2) is 6.95. The Morgan fingerprint density at radius 3 is 2.53 bits per heavy atom. The van der Waals surface area contributed by atoms with Crippen molar-refractivity contribution in [3.8, 4) is 11.3 Å². The summed E-state index contributed by atoms with van der Waals surface area (Å²) >= 11 is 6.05. The van der Waals surface area contributed by atoms with Gasteiger partial charge in [0.1, 0.15) is 11.5 Å². The molecule has 2 aromatic rings. The van der Waals surface area contributed by atoms with Crippen LogP contribution in [0, 0.1) is 23.7 Å². The molecule has 2 amide bonds. The molecule has 0 spiro atoms. The number of carbonyl (C=O) groups excluding carboxylic acids is 3. The van der Waals surface area contributed by atoms with Gasteiger partial charge in [0, 0.05) is 5.56 Å². The molecule has 7 nitrogen and oxygen atoms in total. The highest BCUT2D eigenvalue weighted by molar-refractivity contribution is 6.33. The average molecular weight is 425 g/mol. The molecule has 1 aromatic heterocycles. The van der Waals surface area contributed by atoms with Crippen molar-refractivity contribution >= 4 is 35.6 Å². The monoisotopic (exact) mass is 424 g/mol. The number of halogens is 1. The predicted octanol–water partition coefficient (Wildman–Crippen LogP) is 3.53. The van der Waals surface area contributed by atoms with E-state index in [4.69, 9.17) is 20.8 Å². The molecule has 2 fully saturated rings. The summed E-state index contributed by atoms with van der Waals surface area (Å²) in [6.45, 7) is 0. The fraction of sp³-hybridized carbons (Fsp3) is 0.273. The standard InChI is InChI=1S/C22H17ClN2O5/c1-29-22(28)15-9-11(4-6-16(15)23)17-7-5-14(30-17)10-24-25-20(26)18-12-2-3-13(8-12)19(18)21(25)27/h2-7,9-10,12-13,18-19H,8H2,1H3/b24-10-/t12-,13-,18-,19+/m0/s1. The van der Waals surface area contributed by atoms with Crippen molar-refractivity contribution in [3.05, 3.63) is 58.8 Å². The molecule has 0 radical (unpaired) electrons. The van der Waals surface area contributed by atoms with Gasteiger partial charge in [0.15, 0.2) is 0 Å². The zero-order valence-corrected chi connectivity index (χ0v) is 16.7. The van der Waals surface area contributed by atoms with E-state index in [-0.39, 0.29) is 46.1 Å². The minimum absolute atomic E-state index is 0.140. The maximum absolute atomic E-state index is 12.7. The number of rotatable bonds is 4. The summed E-state index contributed by atoms with van der Waals surface area (Å²) in [5.41, 5.74) is 0.858. The zero-order valence-electron chi connectivity index (χ0n) is 15.9. The minimum Gasteiger partial charge on any atom is -0.465 e. The number of esters is 1. The molecule has 2 heterocycles. The first kappa shape index (κ1) is 18.8. The van der Waals surface area contributed by atoms with Crippen molar-refractivity contribution < 1.29 is 23.5 Å². The van der Waals surface area contributed by atoms with E-state index < -0.39 is 5.97 Å². The first-order valence-corrected chi connectivity index (χ1v) is 9.94. The quantitative estimate of drug-likeness (QED) is 0.324. The lowest BCUT2D eigenvalue weighted by Gasteiger charge is -2.13. The Bertz CT molecular complexity index is 1100. The fourth-order valence-electron chi connectivity index (χ4n) is 4.64. The van der Waals surface area contributed by atoms with Crippen molar-refractivity contribution in [1.82, 2.24) is 5.01 Å². The van der Waals surface area contributed by atoms with E-state index in [2.05, 4.69) is 5.10 Å². The van der Waals surface area contributed by atoms with Crippen LogP contribution in [0.15, 0.2) is 52.0 Å². The highest BCUT2D eigenvalue weighted by Gasteiger charge is 2.59. The topological polar surface area (TPSA) is 89.2 Å². The second-order valence-electron chi connectivity index (χ2n) is 7.62. The number of amides is 2. The van der Waals surface area contributed by atoms with Gasteiger partial charge in [0.05, 0.1) is 35.7 Å². The third-order valence-corrected chi connectivity index (χ3v) is 6.36. The lowest BCUT2D eigenvalue weighted by Crippen LogP contribution is -2.28. The molecule has 1 aromatic carbocycles. The van der Waals surface area contributed by atoms with Gasteiger partial charge in [-0.25, -0.2) is 4.79 Å². The molecule has 2 aliphatic carbocycles. The van der Waals surface area contributed by atoms with Crippen LogP contribution < -0.4 is 0 Å². The van der Waals surface area contributed by atoms with Crippen molar-refractivity contribution in [2.24, 2.45) is 28.8 Å². The molecular weight excluding hydrogens is 408 g/mol. The lowest BCUT2D eigenvalue weighted by atomic mass is 9.85. The Labute approximate surface area is 176 Å². The predicted molar refractivity (Wildman–Crippen MR) is 108 cm³/mol. The summed E-state index contributed by atoms with van der Waals surface area (Å²) in [4.78, 5) is 37.2. The Kier molecular flexibility index (Phi) is 4.36. The number of fused-ring (bicyclic) bond motifs is 5. The normalized spacial score (nSPS) is 26.8. The summed E-state index contributed by atoms with van der Waals surface area (Å²) in [6.07, 6.45) is 6.31. The Hall–Kier alpha value is -3.19. The number of allylic oxidation sites excluding steroid dienone is 2.